The molecule has 0 fully saturated rings. The molecule has 1 amide bonds. The number of nitrogens with one attached hydrogen (secondary N) is 1. The summed E-state index contributed by atoms with van der Waals surface area (Å²) < 4.78 is 26.1. The predicted octanol–water partition coefficient (Wildman–Crippen LogP) is 3.72. The van der Waals surface area contributed by atoms with Crippen molar-refractivity contribution in [3.05, 3.63) is 53.7 Å². The quantitative estimate of drug-likeness (QED) is 0.654. The maximum absolute atomic E-state index is 13.0. The Bertz CT molecular complexity index is 1130. The fourth-order valence-electron chi connectivity index (χ4n) is 3.25. The summed E-state index contributed by atoms with van der Waals surface area (Å²) in [6.07, 6.45) is 0. The first-order chi connectivity index (χ1) is 12.8. The van der Waals surface area contributed by atoms with Crippen LogP contribution in [-0.4, -0.2) is 29.8 Å². The lowest BCUT2D eigenvalue weighted by Crippen LogP contribution is -2.18. The highest BCUT2D eigenvalue weighted by Crippen LogP contribution is 2.30. The first kappa shape index (κ1) is 19.0. The highest BCUT2D eigenvalue weighted by atomic mass is 32.2. The molecule has 2 N–H and O–H groups in total. The van der Waals surface area contributed by atoms with Gasteiger partial charge in [0.25, 0.3) is 5.91 Å². The van der Waals surface area contributed by atoms with Crippen LogP contribution in [0.1, 0.15) is 29.9 Å². The minimum absolute atomic E-state index is 0.0610. The molecule has 3 aromatic rings. The van der Waals surface area contributed by atoms with Gasteiger partial charge in [0.1, 0.15) is 11.4 Å². The lowest BCUT2D eigenvalue weighted by Gasteiger charge is -2.12. The first-order valence-electron chi connectivity index (χ1n) is 8.75. The lowest BCUT2D eigenvalue weighted by atomic mass is 10.1. The van der Waals surface area contributed by atoms with Crippen LogP contribution in [0.3, 0.4) is 0 Å². The van der Waals surface area contributed by atoms with E-state index >= 15 is 0 Å². The van der Waals surface area contributed by atoms with Gasteiger partial charge in [-0.15, -0.1) is 0 Å². The van der Waals surface area contributed by atoms with Crippen molar-refractivity contribution in [1.29, 1.82) is 0 Å². The number of phenols is 1. The molecule has 0 aliphatic rings. The molecule has 3 rings (SSSR count). The molecule has 0 atom stereocenters. The Labute approximate surface area is 158 Å². The number of aromatic nitrogens is 1. The Morgan fingerprint density at radius 3 is 2.52 bits per heavy atom. The van der Waals surface area contributed by atoms with Crippen LogP contribution in [0.4, 0.5) is 5.69 Å². The van der Waals surface area contributed by atoms with Crippen molar-refractivity contribution >= 4 is 32.3 Å². The van der Waals surface area contributed by atoms with Crippen LogP contribution >= 0.6 is 0 Å². The Morgan fingerprint density at radius 1 is 1.15 bits per heavy atom. The Balaban J connectivity index is 2.06. The largest absolute Gasteiger partial charge is 0.506 e. The van der Waals surface area contributed by atoms with Crippen molar-refractivity contribution in [2.24, 2.45) is 0 Å². The number of carbonyl (C=O) groups is 1. The molecular weight excluding hydrogens is 364 g/mol. The predicted molar refractivity (Wildman–Crippen MR) is 106 cm³/mol. The summed E-state index contributed by atoms with van der Waals surface area (Å²) in [5.41, 5.74) is 2.35. The second-order valence-corrected chi connectivity index (χ2v) is 8.55. The van der Waals surface area contributed by atoms with Crippen molar-refractivity contribution in [3.8, 4) is 5.75 Å². The van der Waals surface area contributed by atoms with Crippen LogP contribution in [0.25, 0.3) is 10.9 Å². The molecule has 0 bridgehead atoms. The number of aromatic hydroxyl groups is 1. The Kier molecular flexibility index (Phi) is 4.97. The Hall–Kier alpha value is -2.80. The van der Waals surface area contributed by atoms with Gasteiger partial charge in [0.2, 0.25) is 0 Å². The summed E-state index contributed by atoms with van der Waals surface area (Å²) in [7, 11) is -3.45. The van der Waals surface area contributed by atoms with E-state index in [-0.39, 0.29) is 22.1 Å². The maximum Gasteiger partial charge on any atom is 0.272 e. The van der Waals surface area contributed by atoms with Gasteiger partial charge in [-0.05, 0) is 43.7 Å². The minimum atomic E-state index is -3.45. The molecule has 0 saturated heterocycles. The minimum Gasteiger partial charge on any atom is -0.506 e. The SMILES string of the molecule is CCn1c(C(=O)Nc2cc(S(=O)(=O)CC)ccc2O)c(C)c2ccccc21. The second kappa shape index (κ2) is 7.08. The smallest absolute Gasteiger partial charge is 0.272 e. The average molecular weight is 386 g/mol. The summed E-state index contributed by atoms with van der Waals surface area (Å²) in [4.78, 5) is 13.0. The van der Waals surface area contributed by atoms with Crippen molar-refractivity contribution < 1.29 is 18.3 Å². The van der Waals surface area contributed by atoms with Crippen LogP contribution in [0.2, 0.25) is 0 Å². The van der Waals surface area contributed by atoms with Gasteiger partial charge in [-0.25, -0.2) is 8.42 Å². The number of fused-ring (bicyclic) bond motifs is 1. The summed E-state index contributed by atoms with van der Waals surface area (Å²) in [6.45, 7) is 5.98. The molecule has 6 nitrogen and oxygen atoms in total. The molecule has 27 heavy (non-hydrogen) atoms. The van der Waals surface area contributed by atoms with Crippen LogP contribution in [-0.2, 0) is 16.4 Å². The molecule has 0 aliphatic heterocycles. The van der Waals surface area contributed by atoms with Gasteiger partial charge in [0.05, 0.1) is 16.3 Å². The highest BCUT2D eigenvalue weighted by molar-refractivity contribution is 7.91. The third-order valence-corrected chi connectivity index (χ3v) is 6.44. The lowest BCUT2D eigenvalue weighted by molar-refractivity contribution is 0.101. The molecule has 7 heteroatoms. The third kappa shape index (κ3) is 3.30. The van der Waals surface area contributed by atoms with Crippen LogP contribution in [0, 0.1) is 6.92 Å². The summed E-state index contributed by atoms with van der Waals surface area (Å²) in [5.74, 6) is -0.643. The van der Waals surface area contributed by atoms with Crippen LogP contribution < -0.4 is 5.32 Å². The summed E-state index contributed by atoms with van der Waals surface area (Å²) in [6, 6.07) is 11.6. The molecule has 2 aromatic carbocycles. The number of rotatable bonds is 5. The topological polar surface area (TPSA) is 88.4 Å². The number of nitrogens with zero attached hydrogens (tertiary/aromatic N) is 1. The summed E-state index contributed by atoms with van der Waals surface area (Å²) >= 11 is 0. The molecular formula is C20H22N2O4S. The zero-order valence-electron chi connectivity index (χ0n) is 15.5. The molecule has 0 radical (unpaired) electrons. The third-order valence-electron chi connectivity index (χ3n) is 4.71. The number of hydrogen-bond acceptors (Lipinski definition) is 4. The number of aryl methyl sites for hydroxylation is 2. The van der Waals surface area contributed by atoms with Gasteiger partial charge in [-0.3, -0.25) is 4.79 Å². The van der Waals surface area contributed by atoms with Crippen molar-refractivity contribution in [3.63, 3.8) is 0 Å². The van der Waals surface area contributed by atoms with E-state index in [0.717, 1.165) is 16.5 Å². The molecule has 0 spiro atoms. The fourth-order valence-corrected chi connectivity index (χ4v) is 4.16. The zero-order valence-corrected chi connectivity index (χ0v) is 16.3. The number of sulfone groups is 1. The number of amides is 1. The maximum atomic E-state index is 13.0. The van der Waals surface area contributed by atoms with E-state index in [4.69, 9.17) is 0 Å². The van der Waals surface area contributed by atoms with Gasteiger partial charge in [-0.2, -0.15) is 0 Å². The standard InChI is InChI=1S/C20H22N2O4S/c1-4-22-17-9-7-6-8-15(17)13(3)19(22)20(24)21-16-12-14(10-11-18(16)23)27(25,26)5-2/h6-12,23H,4-5H2,1-3H3,(H,21,24). The van der Waals surface area contributed by atoms with E-state index < -0.39 is 15.7 Å². The number of carbonyl (C=O) groups excluding carboxylic acids is 1. The fraction of sp³-hybridized carbons (Fsp3) is 0.250. The first-order valence-corrected chi connectivity index (χ1v) is 10.4. The van der Waals surface area contributed by atoms with Gasteiger partial charge >= 0.3 is 0 Å². The number of hydrogen-bond donors (Lipinski definition) is 2. The van der Waals surface area contributed by atoms with E-state index in [2.05, 4.69) is 5.32 Å². The van der Waals surface area contributed by atoms with E-state index in [1.165, 1.54) is 18.2 Å². The number of phenolic OH excluding ortho intramolecular Hbond substituents is 1. The monoisotopic (exact) mass is 386 g/mol. The van der Waals surface area contributed by atoms with Gasteiger partial charge in [0, 0.05) is 17.4 Å². The van der Waals surface area contributed by atoms with E-state index in [0.29, 0.717) is 12.2 Å². The molecule has 1 heterocycles. The van der Waals surface area contributed by atoms with Crippen molar-refractivity contribution in [2.75, 3.05) is 11.1 Å². The highest BCUT2D eigenvalue weighted by Gasteiger charge is 2.21. The van der Waals surface area contributed by atoms with Crippen LogP contribution in [0.15, 0.2) is 47.4 Å². The van der Waals surface area contributed by atoms with Crippen molar-refractivity contribution in [1.82, 2.24) is 4.57 Å². The van der Waals surface area contributed by atoms with Crippen LogP contribution in [0.5, 0.6) is 5.75 Å². The zero-order chi connectivity index (χ0) is 19.8. The molecule has 0 unspecified atom stereocenters. The van der Waals surface area contributed by atoms with Gasteiger partial charge in [-0.1, -0.05) is 25.1 Å². The van der Waals surface area contributed by atoms with Gasteiger partial charge in [0.15, 0.2) is 9.84 Å². The van der Waals surface area contributed by atoms with E-state index in [1.807, 2.05) is 42.7 Å². The van der Waals surface area contributed by atoms with Crippen molar-refractivity contribution in [2.45, 2.75) is 32.2 Å². The average Bonchev–Trinajstić information content (AvgIpc) is 2.95. The Morgan fingerprint density at radius 2 is 1.85 bits per heavy atom. The van der Waals surface area contributed by atoms with E-state index in [1.54, 1.807) is 6.92 Å². The second-order valence-electron chi connectivity index (χ2n) is 6.27. The normalized spacial score (nSPS) is 11.7. The molecule has 0 aliphatic carbocycles. The molecule has 0 saturated carbocycles. The van der Waals surface area contributed by atoms with E-state index in [9.17, 15) is 18.3 Å². The molecule has 1 aromatic heterocycles. The summed E-state index contributed by atoms with van der Waals surface area (Å²) in [5, 5.41) is 13.7. The molecule has 142 valence electrons. The number of para-hydroxylation sites is 1. The number of benzene rings is 2. The number of anilines is 1. The van der Waals surface area contributed by atoms with Gasteiger partial charge < -0.3 is 15.0 Å².